The summed E-state index contributed by atoms with van der Waals surface area (Å²) in [5.74, 6) is 0.349. The standard InChI is InChI=1S/C14H27NO4S/c1-3-20(18,19)9-5-8-15-7-4-6-13(11-15)12(2)10-14(16)17/h12-13H,3-11H2,1-2H3,(H,16,17). The fraction of sp³-hybridized carbons (Fsp3) is 0.929. The van der Waals surface area contributed by atoms with Crippen molar-refractivity contribution in [1.29, 1.82) is 0 Å². The van der Waals surface area contributed by atoms with E-state index in [0.717, 1.165) is 32.5 Å². The average molecular weight is 305 g/mol. The molecule has 1 N–H and O–H groups in total. The quantitative estimate of drug-likeness (QED) is 0.738. The van der Waals surface area contributed by atoms with Gasteiger partial charge in [0.15, 0.2) is 0 Å². The minimum absolute atomic E-state index is 0.190. The van der Waals surface area contributed by atoms with Gasteiger partial charge in [0.25, 0.3) is 0 Å². The van der Waals surface area contributed by atoms with Crippen molar-refractivity contribution in [3.05, 3.63) is 0 Å². The molecular weight excluding hydrogens is 278 g/mol. The summed E-state index contributed by atoms with van der Waals surface area (Å²) in [4.78, 5) is 13.1. The molecule has 0 aliphatic carbocycles. The van der Waals surface area contributed by atoms with Crippen LogP contribution >= 0.6 is 0 Å². The van der Waals surface area contributed by atoms with Crippen LogP contribution in [0.4, 0.5) is 0 Å². The second kappa shape index (κ2) is 7.98. The second-order valence-electron chi connectivity index (χ2n) is 5.87. The molecule has 0 saturated carbocycles. The van der Waals surface area contributed by atoms with E-state index in [1.54, 1.807) is 6.92 Å². The largest absolute Gasteiger partial charge is 0.481 e. The lowest BCUT2D eigenvalue weighted by molar-refractivity contribution is -0.138. The molecule has 0 aromatic rings. The molecule has 0 amide bonds. The molecule has 20 heavy (non-hydrogen) atoms. The Morgan fingerprint density at radius 1 is 1.45 bits per heavy atom. The maximum Gasteiger partial charge on any atom is 0.303 e. The van der Waals surface area contributed by atoms with E-state index in [2.05, 4.69) is 4.90 Å². The van der Waals surface area contributed by atoms with Gasteiger partial charge in [-0.25, -0.2) is 8.42 Å². The number of piperidine rings is 1. The monoisotopic (exact) mass is 305 g/mol. The van der Waals surface area contributed by atoms with Gasteiger partial charge in [0.05, 0.1) is 5.75 Å². The van der Waals surface area contributed by atoms with Gasteiger partial charge in [-0.15, -0.1) is 0 Å². The van der Waals surface area contributed by atoms with Gasteiger partial charge < -0.3 is 10.0 Å². The molecule has 2 unspecified atom stereocenters. The molecule has 1 heterocycles. The number of carboxylic acid groups (broad SMARTS) is 1. The summed E-state index contributed by atoms with van der Waals surface area (Å²) in [6, 6.07) is 0. The molecule has 1 rings (SSSR count). The molecule has 2 atom stereocenters. The summed E-state index contributed by atoms with van der Waals surface area (Å²) in [6.07, 6.45) is 3.06. The molecule has 0 spiro atoms. The van der Waals surface area contributed by atoms with Crippen LogP contribution < -0.4 is 0 Å². The first kappa shape index (κ1) is 17.4. The minimum Gasteiger partial charge on any atom is -0.481 e. The molecule has 0 aromatic carbocycles. The molecule has 1 aliphatic heterocycles. The van der Waals surface area contributed by atoms with Gasteiger partial charge in [-0.3, -0.25) is 4.79 Å². The van der Waals surface area contributed by atoms with Crippen LogP contribution in [-0.2, 0) is 14.6 Å². The molecule has 1 fully saturated rings. The fourth-order valence-corrected chi connectivity index (χ4v) is 3.71. The zero-order valence-corrected chi connectivity index (χ0v) is 13.4. The van der Waals surface area contributed by atoms with Gasteiger partial charge in [0.2, 0.25) is 0 Å². The molecule has 1 saturated heterocycles. The average Bonchev–Trinajstić information content (AvgIpc) is 2.38. The third-order valence-corrected chi connectivity index (χ3v) is 6.00. The Bertz CT molecular complexity index is 407. The zero-order valence-electron chi connectivity index (χ0n) is 12.5. The predicted molar refractivity (Wildman–Crippen MR) is 79.5 cm³/mol. The lowest BCUT2D eigenvalue weighted by Crippen LogP contribution is -2.39. The number of sulfone groups is 1. The number of aliphatic carboxylic acids is 1. The summed E-state index contributed by atoms with van der Waals surface area (Å²) >= 11 is 0. The predicted octanol–water partition coefficient (Wildman–Crippen LogP) is 1.63. The molecule has 0 aromatic heterocycles. The highest BCUT2D eigenvalue weighted by molar-refractivity contribution is 7.91. The zero-order chi connectivity index (χ0) is 15.2. The summed E-state index contributed by atoms with van der Waals surface area (Å²) < 4.78 is 22.9. The van der Waals surface area contributed by atoms with Crippen LogP contribution in [0.3, 0.4) is 0 Å². The smallest absolute Gasteiger partial charge is 0.303 e. The number of hydrogen-bond acceptors (Lipinski definition) is 4. The van der Waals surface area contributed by atoms with Gasteiger partial charge in [-0.1, -0.05) is 13.8 Å². The highest BCUT2D eigenvalue weighted by Crippen LogP contribution is 2.26. The highest BCUT2D eigenvalue weighted by Gasteiger charge is 2.25. The van der Waals surface area contributed by atoms with Crippen LogP contribution in [0.25, 0.3) is 0 Å². The van der Waals surface area contributed by atoms with E-state index >= 15 is 0 Å². The van der Waals surface area contributed by atoms with Crippen LogP contribution in [0.2, 0.25) is 0 Å². The lowest BCUT2D eigenvalue weighted by atomic mass is 9.84. The van der Waals surface area contributed by atoms with Crippen LogP contribution in [0.15, 0.2) is 0 Å². The van der Waals surface area contributed by atoms with Gasteiger partial charge in [-0.05, 0) is 44.2 Å². The Balaban J connectivity index is 2.35. The normalized spacial score (nSPS) is 22.6. The van der Waals surface area contributed by atoms with Gasteiger partial charge in [0.1, 0.15) is 9.84 Å². The number of rotatable bonds is 8. The summed E-state index contributed by atoms with van der Waals surface area (Å²) in [5, 5.41) is 8.86. The number of carbonyl (C=O) groups is 1. The first-order valence-corrected chi connectivity index (χ1v) is 9.30. The van der Waals surface area contributed by atoms with Crippen molar-refractivity contribution in [1.82, 2.24) is 4.90 Å². The van der Waals surface area contributed by atoms with E-state index in [9.17, 15) is 13.2 Å². The number of nitrogens with zero attached hydrogens (tertiary/aromatic N) is 1. The van der Waals surface area contributed by atoms with E-state index in [0.29, 0.717) is 12.3 Å². The van der Waals surface area contributed by atoms with Crippen LogP contribution in [0.5, 0.6) is 0 Å². The molecular formula is C14H27NO4S. The van der Waals surface area contributed by atoms with E-state index in [4.69, 9.17) is 5.11 Å². The molecule has 1 aliphatic rings. The van der Waals surface area contributed by atoms with Crippen LogP contribution in [-0.4, -0.2) is 55.5 Å². The SMILES string of the molecule is CCS(=O)(=O)CCCN1CCCC(C(C)CC(=O)O)C1. The fourth-order valence-electron chi connectivity index (χ4n) is 2.85. The van der Waals surface area contributed by atoms with Gasteiger partial charge in [-0.2, -0.15) is 0 Å². The highest BCUT2D eigenvalue weighted by atomic mass is 32.2. The van der Waals surface area contributed by atoms with Gasteiger partial charge in [0, 0.05) is 18.7 Å². The van der Waals surface area contributed by atoms with E-state index in [1.165, 1.54) is 0 Å². The Labute approximate surface area is 122 Å². The summed E-state index contributed by atoms with van der Waals surface area (Å²) in [5.41, 5.74) is 0. The van der Waals surface area contributed by atoms with Gasteiger partial charge >= 0.3 is 5.97 Å². The van der Waals surface area contributed by atoms with Crippen molar-refractivity contribution in [3.63, 3.8) is 0 Å². The topological polar surface area (TPSA) is 74.7 Å². The Kier molecular flexibility index (Phi) is 6.95. The Hall–Kier alpha value is -0.620. The van der Waals surface area contributed by atoms with Crippen molar-refractivity contribution in [3.8, 4) is 0 Å². The summed E-state index contributed by atoms with van der Waals surface area (Å²) in [6.45, 7) is 6.39. The number of hydrogen-bond donors (Lipinski definition) is 1. The maximum absolute atomic E-state index is 11.5. The molecule has 0 radical (unpaired) electrons. The number of carboxylic acids is 1. The molecule has 6 heteroatoms. The molecule has 0 bridgehead atoms. The van der Waals surface area contributed by atoms with Crippen molar-refractivity contribution in [2.75, 3.05) is 31.1 Å². The van der Waals surface area contributed by atoms with Crippen molar-refractivity contribution in [2.45, 2.75) is 39.5 Å². The van der Waals surface area contributed by atoms with Crippen molar-refractivity contribution >= 4 is 15.8 Å². The van der Waals surface area contributed by atoms with Crippen molar-refractivity contribution in [2.24, 2.45) is 11.8 Å². The van der Waals surface area contributed by atoms with Crippen molar-refractivity contribution < 1.29 is 18.3 Å². The first-order chi connectivity index (χ1) is 9.34. The third-order valence-electron chi connectivity index (χ3n) is 4.21. The minimum atomic E-state index is -2.87. The maximum atomic E-state index is 11.5. The third kappa shape index (κ3) is 6.22. The van der Waals surface area contributed by atoms with Crippen LogP contribution in [0.1, 0.15) is 39.5 Å². The Morgan fingerprint density at radius 2 is 2.15 bits per heavy atom. The molecule has 118 valence electrons. The first-order valence-electron chi connectivity index (χ1n) is 7.48. The number of likely N-dealkylation sites (tertiary alicyclic amines) is 1. The van der Waals surface area contributed by atoms with Crippen LogP contribution in [0, 0.1) is 11.8 Å². The lowest BCUT2D eigenvalue weighted by Gasteiger charge is -2.35. The van der Waals surface area contributed by atoms with E-state index in [-0.39, 0.29) is 23.8 Å². The van der Waals surface area contributed by atoms with E-state index < -0.39 is 15.8 Å². The second-order valence-corrected chi connectivity index (χ2v) is 8.34. The van der Waals surface area contributed by atoms with E-state index in [1.807, 2.05) is 6.92 Å². The molecule has 5 nitrogen and oxygen atoms in total. The summed E-state index contributed by atoms with van der Waals surface area (Å²) in [7, 11) is -2.87. The Morgan fingerprint density at radius 3 is 2.75 bits per heavy atom.